The van der Waals surface area contributed by atoms with Gasteiger partial charge in [0, 0.05) is 48.7 Å². The number of rotatable bonds is 5. The van der Waals surface area contributed by atoms with Gasteiger partial charge < -0.3 is 19.5 Å². The normalized spacial score (nSPS) is 27.5. The second-order valence-corrected chi connectivity index (χ2v) is 10.0. The van der Waals surface area contributed by atoms with Crippen LogP contribution in [0.2, 0.25) is 0 Å². The molecular weight excluding hydrogens is 388 g/mol. The lowest BCUT2D eigenvalue weighted by Crippen LogP contribution is -2.79. The lowest BCUT2D eigenvalue weighted by Gasteiger charge is -2.72. The van der Waals surface area contributed by atoms with E-state index in [1.165, 1.54) is 5.69 Å². The molecule has 0 aromatic heterocycles. The second kappa shape index (κ2) is 7.72. The van der Waals surface area contributed by atoms with Gasteiger partial charge in [-0.15, -0.1) is 0 Å². The third-order valence-corrected chi connectivity index (χ3v) is 7.86. The molecular formula is C26H36N2O3. The third kappa shape index (κ3) is 3.21. The molecule has 0 spiro atoms. The van der Waals surface area contributed by atoms with Crippen molar-refractivity contribution >= 4 is 5.69 Å². The number of piperazine rings is 1. The van der Waals surface area contributed by atoms with Crippen molar-refractivity contribution in [3.63, 3.8) is 0 Å². The summed E-state index contributed by atoms with van der Waals surface area (Å²) >= 11 is 0. The van der Waals surface area contributed by atoms with E-state index in [1.807, 2.05) is 36.4 Å². The highest BCUT2D eigenvalue weighted by Gasteiger charge is 2.73. The largest absolute Gasteiger partial charge is 0.497 e. The van der Waals surface area contributed by atoms with Crippen molar-refractivity contribution in [1.82, 2.24) is 4.90 Å². The average molecular weight is 425 g/mol. The maximum atomic E-state index is 12.0. The lowest BCUT2D eigenvalue weighted by molar-refractivity contribution is -0.307. The molecule has 0 unspecified atom stereocenters. The SMILES string of the molecule is COc1ccc(N2CCN(C3C(C)(C)C(O)(c4ccc(OC)cc4)C3(C)C)CC2)cc1. The Hall–Kier alpha value is -2.24. The van der Waals surface area contributed by atoms with Gasteiger partial charge in [0.05, 0.1) is 14.2 Å². The summed E-state index contributed by atoms with van der Waals surface area (Å²) < 4.78 is 10.6. The van der Waals surface area contributed by atoms with Crippen LogP contribution in [0.15, 0.2) is 48.5 Å². The molecule has 1 N–H and O–H groups in total. The van der Waals surface area contributed by atoms with Gasteiger partial charge in [-0.2, -0.15) is 0 Å². The Kier molecular flexibility index (Phi) is 5.47. The van der Waals surface area contributed by atoms with Crippen molar-refractivity contribution in [2.75, 3.05) is 45.3 Å². The van der Waals surface area contributed by atoms with Gasteiger partial charge in [0.2, 0.25) is 0 Å². The molecule has 2 aliphatic rings. The van der Waals surface area contributed by atoms with Gasteiger partial charge in [0.25, 0.3) is 0 Å². The summed E-state index contributed by atoms with van der Waals surface area (Å²) in [7, 11) is 3.37. The van der Waals surface area contributed by atoms with E-state index < -0.39 is 5.60 Å². The minimum absolute atomic E-state index is 0.270. The molecule has 2 aromatic carbocycles. The van der Waals surface area contributed by atoms with E-state index in [1.54, 1.807) is 14.2 Å². The zero-order valence-electron chi connectivity index (χ0n) is 19.7. The summed E-state index contributed by atoms with van der Waals surface area (Å²) in [5, 5.41) is 12.0. The quantitative estimate of drug-likeness (QED) is 0.781. The molecule has 5 heteroatoms. The zero-order chi connectivity index (χ0) is 22.4. The standard InChI is InChI=1S/C26H36N2O3/c1-24(2)23(25(3,4)26(24,29)19-7-11-21(30-5)12-8-19)28-17-15-27(16-18-28)20-9-13-22(31-6)14-10-20/h7-14,23,29H,15-18H2,1-6H3. The van der Waals surface area contributed by atoms with E-state index in [0.717, 1.165) is 43.2 Å². The number of methoxy groups -OCH3 is 2. The number of benzene rings is 2. The van der Waals surface area contributed by atoms with Crippen LogP contribution >= 0.6 is 0 Å². The first-order valence-electron chi connectivity index (χ1n) is 11.2. The van der Waals surface area contributed by atoms with Crippen LogP contribution in [0.1, 0.15) is 33.3 Å². The summed E-state index contributed by atoms with van der Waals surface area (Å²) in [6.45, 7) is 12.8. The number of nitrogens with zero attached hydrogens (tertiary/aromatic N) is 2. The molecule has 0 radical (unpaired) electrons. The Balaban J connectivity index is 1.50. The fourth-order valence-corrected chi connectivity index (χ4v) is 6.57. The summed E-state index contributed by atoms with van der Waals surface area (Å²) in [6.07, 6.45) is 0. The molecule has 0 amide bonds. The first-order chi connectivity index (χ1) is 14.7. The smallest absolute Gasteiger partial charge is 0.119 e. The van der Waals surface area contributed by atoms with Gasteiger partial charge in [-0.3, -0.25) is 4.90 Å². The fourth-order valence-electron chi connectivity index (χ4n) is 6.57. The molecule has 4 rings (SSSR count). The molecule has 0 bridgehead atoms. The minimum atomic E-state index is -0.899. The van der Waals surface area contributed by atoms with Crippen LogP contribution < -0.4 is 14.4 Å². The molecule has 2 fully saturated rings. The molecule has 5 nitrogen and oxygen atoms in total. The van der Waals surface area contributed by atoms with Crippen molar-refractivity contribution in [2.24, 2.45) is 10.8 Å². The van der Waals surface area contributed by atoms with Crippen molar-refractivity contribution in [3.8, 4) is 11.5 Å². The van der Waals surface area contributed by atoms with Gasteiger partial charge in [-0.1, -0.05) is 39.8 Å². The van der Waals surface area contributed by atoms with Gasteiger partial charge in [-0.05, 0) is 42.0 Å². The maximum absolute atomic E-state index is 12.0. The van der Waals surface area contributed by atoms with E-state index in [9.17, 15) is 5.11 Å². The topological polar surface area (TPSA) is 45.2 Å². The van der Waals surface area contributed by atoms with Crippen LogP contribution in [0, 0.1) is 10.8 Å². The van der Waals surface area contributed by atoms with E-state index in [4.69, 9.17) is 9.47 Å². The Labute approximate surface area is 186 Å². The minimum Gasteiger partial charge on any atom is -0.497 e. The molecule has 1 aliphatic carbocycles. The Morgan fingerprint density at radius 1 is 0.742 bits per heavy atom. The number of hydrogen-bond acceptors (Lipinski definition) is 5. The van der Waals surface area contributed by atoms with E-state index in [0.29, 0.717) is 6.04 Å². The first-order valence-corrected chi connectivity index (χ1v) is 11.2. The van der Waals surface area contributed by atoms with E-state index >= 15 is 0 Å². The summed E-state index contributed by atoms with van der Waals surface area (Å²) in [4.78, 5) is 5.02. The summed E-state index contributed by atoms with van der Waals surface area (Å²) in [6, 6.07) is 16.5. The fraction of sp³-hybridized carbons (Fsp3) is 0.538. The predicted molar refractivity (Wildman–Crippen MR) is 125 cm³/mol. The van der Waals surface area contributed by atoms with Gasteiger partial charge >= 0.3 is 0 Å². The lowest BCUT2D eigenvalue weighted by atomic mass is 9.39. The summed E-state index contributed by atoms with van der Waals surface area (Å²) in [5.74, 6) is 1.70. The Bertz CT molecular complexity index is 881. The van der Waals surface area contributed by atoms with Crippen LogP contribution in [0.5, 0.6) is 11.5 Å². The monoisotopic (exact) mass is 424 g/mol. The molecule has 1 aliphatic heterocycles. The van der Waals surface area contributed by atoms with E-state index in [-0.39, 0.29) is 10.8 Å². The molecule has 1 saturated carbocycles. The Morgan fingerprint density at radius 3 is 1.65 bits per heavy atom. The van der Waals surface area contributed by atoms with Gasteiger partial charge in [-0.25, -0.2) is 0 Å². The molecule has 168 valence electrons. The number of hydrogen-bond donors (Lipinski definition) is 1. The van der Waals surface area contributed by atoms with Crippen LogP contribution in [0.3, 0.4) is 0 Å². The van der Waals surface area contributed by atoms with Crippen LogP contribution in [0.25, 0.3) is 0 Å². The maximum Gasteiger partial charge on any atom is 0.119 e. The van der Waals surface area contributed by atoms with E-state index in [2.05, 4.69) is 49.6 Å². The summed E-state index contributed by atoms with van der Waals surface area (Å²) in [5.41, 5.74) is 0.767. The Morgan fingerprint density at radius 2 is 1.19 bits per heavy atom. The predicted octanol–water partition coefficient (Wildman–Crippen LogP) is 4.15. The highest BCUT2D eigenvalue weighted by atomic mass is 16.5. The molecule has 0 atom stereocenters. The zero-order valence-corrected chi connectivity index (χ0v) is 19.7. The van der Waals surface area contributed by atoms with Crippen LogP contribution in [-0.2, 0) is 5.60 Å². The van der Waals surface area contributed by atoms with Crippen LogP contribution in [0.4, 0.5) is 5.69 Å². The highest BCUT2D eigenvalue weighted by molar-refractivity contribution is 5.49. The molecule has 1 heterocycles. The van der Waals surface area contributed by atoms with Crippen molar-refractivity contribution < 1.29 is 14.6 Å². The molecule has 2 aromatic rings. The second-order valence-electron chi connectivity index (χ2n) is 10.0. The van der Waals surface area contributed by atoms with Crippen molar-refractivity contribution in [2.45, 2.75) is 39.3 Å². The number of anilines is 1. The number of ether oxygens (including phenoxy) is 2. The highest BCUT2D eigenvalue weighted by Crippen LogP contribution is 2.68. The number of aliphatic hydroxyl groups is 1. The molecule has 1 saturated heterocycles. The molecule has 31 heavy (non-hydrogen) atoms. The van der Waals surface area contributed by atoms with Gasteiger partial charge in [0.1, 0.15) is 17.1 Å². The first kappa shape index (κ1) is 22.0. The average Bonchev–Trinajstić information content (AvgIpc) is 2.78. The van der Waals surface area contributed by atoms with Crippen molar-refractivity contribution in [1.29, 1.82) is 0 Å². The van der Waals surface area contributed by atoms with Crippen LogP contribution in [-0.4, -0.2) is 56.4 Å². The van der Waals surface area contributed by atoms with Gasteiger partial charge in [0.15, 0.2) is 0 Å². The van der Waals surface area contributed by atoms with Crippen molar-refractivity contribution in [3.05, 3.63) is 54.1 Å². The third-order valence-electron chi connectivity index (χ3n) is 7.86.